The van der Waals surface area contributed by atoms with Gasteiger partial charge in [0, 0.05) is 18.5 Å². The summed E-state index contributed by atoms with van der Waals surface area (Å²) in [6.45, 7) is 5.31. The van der Waals surface area contributed by atoms with Crippen LogP contribution in [0.25, 0.3) is 0 Å². The average molecular weight is 224 g/mol. The number of rotatable bonds is 4. The molecule has 2 aliphatic rings. The number of piperidine rings is 1. The van der Waals surface area contributed by atoms with Gasteiger partial charge in [0.1, 0.15) is 5.78 Å². The van der Waals surface area contributed by atoms with Gasteiger partial charge in [0.05, 0.1) is 0 Å². The van der Waals surface area contributed by atoms with Crippen molar-refractivity contribution in [2.45, 2.75) is 38.6 Å². The molecule has 1 saturated heterocycles. The number of nitrogens with one attached hydrogen (secondary N) is 1. The Hall–Kier alpha value is -0.410. The Morgan fingerprint density at radius 1 is 1.31 bits per heavy atom. The number of carbonyl (C=O) groups excluding carboxylic acids is 1. The Bertz CT molecular complexity index is 242. The van der Waals surface area contributed by atoms with E-state index in [-0.39, 0.29) is 0 Å². The van der Waals surface area contributed by atoms with E-state index < -0.39 is 0 Å². The molecule has 0 aromatic heterocycles. The van der Waals surface area contributed by atoms with E-state index in [2.05, 4.69) is 17.3 Å². The largest absolute Gasteiger partial charge is 0.317 e. The lowest BCUT2D eigenvalue weighted by Crippen LogP contribution is -2.47. The zero-order valence-corrected chi connectivity index (χ0v) is 10.5. The highest BCUT2D eigenvalue weighted by Gasteiger charge is 2.35. The molecule has 0 aromatic rings. The van der Waals surface area contributed by atoms with Crippen molar-refractivity contribution < 1.29 is 4.79 Å². The number of nitrogens with zero attached hydrogens (tertiary/aromatic N) is 1. The lowest BCUT2D eigenvalue weighted by Gasteiger charge is -2.41. The fourth-order valence-corrected chi connectivity index (χ4v) is 2.90. The molecule has 0 bridgehead atoms. The van der Waals surface area contributed by atoms with Crippen molar-refractivity contribution in [1.29, 1.82) is 0 Å². The molecule has 0 atom stereocenters. The van der Waals surface area contributed by atoms with Gasteiger partial charge in [-0.15, -0.1) is 0 Å². The van der Waals surface area contributed by atoms with Gasteiger partial charge in [-0.3, -0.25) is 4.79 Å². The highest BCUT2D eigenvalue weighted by atomic mass is 16.1. The van der Waals surface area contributed by atoms with Crippen LogP contribution in [0.5, 0.6) is 0 Å². The van der Waals surface area contributed by atoms with E-state index in [4.69, 9.17) is 0 Å². The Labute approximate surface area is 98.6 Å². The van der Waals surface area contributed by atoms with Crippen LogP contribution in [0.1, 0.15) is 32.6 Å². The van der Waals surface area contributed by atoms with Crippen molar-refractivity contribution in [2.24, 2.45) is 11.8 Å². The zero-order chi connectivity index (χ0) is 11.5. The van der Waals surface area contributed by atoms with Crippen molar-refractivity contribution in [2.75, 3.05) is 26.7 Å². The van der Waals surface area contributed by atoms with Crippen molar-refractivity contribution in [1.82, 2.24) is 10.2 Å². The molecule has 1 aliphatic carbocycles. The molecule has 2 fully saturated rings. The third-order valence-corrected chi connectivity index (χ3v) is 4.32. The van der Waals surface area contributed by atoms with Crippen LogP contribution in [0.2, 0.25) is 0 Å². The van der Waals surface area contributed by atoms with Gasteiger partial charge in [-0.2, -0.15) is 0 Å². The van der Waals surface area contributed by atoms with E-state index in [1.165, 1.54) is 32.5 Å². The summed E-state index contributed by atoms with van der Waals surface area (Å²) in [5.74, 6) is 1.61. The topological polar surface area (TPSA) is 32.3 Å². The van der Waals surface area contributed by atoms with E-state index in [9.17, 15) is 4.79 Å². The number of hydrogen-bond donors (Lipinski definition) is 1. The van der Waals surface area contributed by atoms with Crippen LogP contribution >= 0.6 is 0 Å². The van der Waals surface area contributed by atoms with Crippen molar-refractivity contribution >= 4 is 5.78 Å². The highest BCUT2D eigenvalue weighted by molar-refractivity contribution is 5.79. The second-order valence-electron chi connectivity index (χ2n) is 5.57. The molecule has 1 heterocycles. The highest BCUT2D eigenvalue weighted by Crippen LogP contribution is 2.32. The number of Topliss-reactive ketones (excluding diaryl/α,β-unsaturated/α-hetero) is 1. The number of ketones is 1. The Morgan fingerprint density at radius 3 is 2.50 bits per heavy atom. The van der Waals surface area contributed by atoms with E-state index in [0.717, 1.165) is 18.8 Å². The van der Waals surface area contributed by atoms with Crippen LogP contribution in [0.4, 0.5) is 0 Å². The maximum absolute atomic E-state index is 11.2. The Balaban J connectivity index is 1.68. The van der Waals surface area contributed by atoms with Gasteiger partial charge in [0.2, 0.25) is 0 Å². The molecule has 0 amide bonds. The van der Waals surface area contributed by atoms with Gasteiger partial charge in [0.15, 0.2) is 0 Å². The van der Waals surface area contributed by atoms with Gasteiger partial charge in [-0.05, 0) is 58.7 Å². The second kappa shape index (κ2) is 5.28. The Morgan fingerprint density at radius 2 is 1.94 bits per heavy atom. The van der Waals surface area contributed by atoms with Crippen LogP contribution in [0, 0.1) is 11.8 Å². The first kappa shape index (κ1) is 12.1. The van der Waals surface area contributed by atoms with Gasteiger partial charge < -0.3 is 10.2 Å². The van der Waals surface area contributed by atoms with Crippen LogP contribution in [-0.2, 0) is 4.79 Å². The third-order valence-electron chi connectivity index (χ3n) is 4.32. The quantitative estimate of drug-likeness (QED) is 0.781. The molecule has 0 radical (unpaired) electrons. The monoisotopic (exact) mass is 224 g/mol. The second-order valence-corrected chi connectivity index (χ2v) is 5.57. The lowest BCUT2D eigenvalue weighted by molar-refractivity contribution is -0.125. The molecule has 16 heavy (non-hydrogen) atoms. The molecule has 2 rings (SSSR count). The first-order valence-electron chi connectivity index (χ1n) is 6.58. The fraction of sp³-hybridized carbons (Fsp3) is 0.923. The first-order chi connectivity index (χ1) is 7.66. The van der Waals surface area contributed by atoms with Crippen LogP contribution in [0.3, 0.4) is 0 Å². The molecular formula is C13H24N2O. The molecule has 3 nitrogen and oxygen atoms in total. The molecule has 3 heteroatoms. The van der Waals surface area contributed by atoms with Crippen LogP contribution in [-0.4, -0.2) is 43.4 Å². The number of hydrogen-bond acceptors (Lipinski definition) is 3. The fourth-order valence-electron chi connectivity index (χ4n) is 2.90. The third kappa shape index (κ3) is 2.83. The summed E-state index contributed by atoms with van der Waals surface area (Å²) in [4.78, 5) is 13.6. The van der Waals surface area contributed by atoms with Gasteiger partial charge >= 0.3 is 0 Å². The predicted octanol–water partition coefficient (Wildman–Crippen LogP) is 1.29. The van der Waals surface area contributed by atoms with Crippen molar-refractivity contribution in [3.05, 3.63) is 0 Å². The van der Waals surface area contributed by atoms with Crippen LogP contribution in [0.15, 0.2) is 0 Å². The van der Waals surface area contributed by atoms with E-state index in [1.807, 2.05) is 0 Å². The summed E-state index contributed by atoms with van der Waals surface area (Å²) in [5.41, 5.74) is 0. The smallest absolute Gasteiger partial charge is 0.133 e. The molecule has 1 aliphatic heterocycles. The first-order valence-corrected chi connectivity index (χ1v) is 6.58. The summed E-state index contributed by atoms with van der Waals surface area (Å²) in [6.07, 6.45) is 4.81. The summed E-state index contributed by atoms with van der Waals surface area (Å²) < 4.78 is 0. The van der Waals surface area contributed by atoms with Gasteiger partial charge in [-0.1, -0.05) is 0 Å². The predicted molar refractivity (Wildman–Crippen MR) is 65.4 cm³/mol. The minimum atomic E-state index is 0.362. The molecule has 1 N–H and O–H groups in total. The van der Waals surface area contributed by atoms with E-state index in [0.29, 0.717) is 17.7 Å². The minimum Gasteiger partial charge on any atom is -0.317 e. The van der Waals surface area contributed by atoms with Crippen LogP contribution < -0.4 is 5.32 Å². The molecule has 0 unspecified atom stereocenters. The summed E-state index contributed by atoms with van der Waals surface area (Å²) in [7, 11) is 2.23. The Kier molecular flexibility index (Phi) is 3.98. The average Bonchev–Trinajstić information content (AvgIpc) is 2.15. The molecule has 1 saturated carbocycles. The van der Waals surface area contributed by atoms with E-state index >= 15 is 0 Å². The normalized spacial score (nSPS) is 31.4. The summed E-state index contributed by atoms with van der Waals surface area (Å²) in [5, 5.41) is 3.40. The molecule has 0 spiro atoms. The number of carbonyl (C=O) groups is 1. The minimum absolute atomic E-state index is 0.362. The van der Waals surface area contributed by atoms with Gasteiger partial charge in [-0.25, -0.2) is 0 Å². The van der Waals surface area contributed by atoms with Crippen molar-refractivity contribution in [3.8, 4) is 0 Å². The molecular weight excluding hydrogens is 200 g/mol. The summed E-state index contributed by atoms with van der Waals surface area (Å²) >= 11 is 0. The maximum atomic E-state index is 11.2. The van der Waals surface area contributed by atoms with E-state index in [1.54, 1.807) is 6.92 Å². The van der Waals surface area contributed by atoms with Gasteiger partial charge in [0.25, 0.3) is 0 Å². The lowest BCUT2D eigenvalue weighted by atomic mass is 9.77. The summed E-state index contributed by atoms with van der Waals surface area (Å²) in [6, 6.07) is 0.670. The SMILES string of the molecule is CC(=O)C1CC(N(C)CC2CCNCC2)C1. The zero-order valence-electron chi connectivity index (χ0n) is 10.5. The maximum Gasteiger partial charge on any atom is 0.133 e. The standard InChI is InChI=1S/C13H24N2O/c1-10(16)12-7-13(8-12)15(2)9-11-3-5-14-6-4-11/h11-14H,3-9H2,1-2H3. The molecule has 92 valence electrons. The molecule has 0 aromatic carbocycles. The van der Waals surface area contributed by atoms with Crippen molar-refractivity contribution in [3.63, 3.8) is 0 Å².